The molecule has 0 aromatic carbocycles. The standard InChI is InChI=1S/C27H34O4/c1-5-16(2)31-24(30)19-15-17-14-18(28)6-12-26(17,4)20-8-13-27-21(23(19)20)7-10-25(27,3)11-9-22(27)29/h7,14,16,19H,5-6,8-13,15H2,1-4H3/t16?,19-,25+,26?,27?/m1/s1. The average molecular weight is 423 g/mol. The SMILES string of the molecule is CCC(C)OC(=O)[C@@H]1CC2=CC(=O)CCC2(C)C2=C1C1=CC[C@@]3(C)CCC(=O)C13CC2. The van der Waals surface area contributed by atoms with Crippen molar-refractivity contribution in [3.63, 3.8) is 0 Å². The first-order valence-corrected chi connectivity index (χ1v) is 12.1. The van der Waals surface area contributed by atoms with Crippen LogP contribution in [0.25, 0.3) is 0 Å². The van der Waals surface area contributed by atoms with Crippen LogP contribution in [-0.2, 0) is 19.1 Å². The maximum atomic E-state index is 13.4. The molecular weight excluding hydrogens is 388 g/mol. The van der Waals surface area contributed by atoms with Crippen molar-refractivity contribution in [2.75, 3.05) is 0 Å². The molecule has 0 aliphatic heterocycles. The summed E-state index contributed by atoms with van der Waals surface area (Å²) in [6, 6.07) is 0. The molecule has 0 N–H and O–H groups in total. The molecule has 0 aromatic rings. The second kappa shape index (κ2) is 6.76. The van der Waals surface area contributed by atoms with E-state index in [1.165, 1.54) is 5.57 Å². The first kappa shape index (κ1) is 20.9. The van der Waals surface area contributed by atoms with Crippen molar-refractivity contribution in [1.29, 1.82) is 0 Å². The van der Waals surface area contributed by atoms with Crippen LogP contribution in [0.3, 0.4) is 0 Å². The van der Waals surface area contributed by atoms with Crippen molar-refractivity contribution >= 4 is 17.5 Å². The van der Waals surface area contributed by atoms with E-state index < -0.39 is 11.3 Å². The lowest BCUT2D eigenvalue weighted by atomic mass is 9.50. The fraction of sp³-hybridized carbons (Fsp3) is 0.667. The summed E-state index contributed by atoms with van der Waals surface area (Å²) in [6.07, 6.45) is 10.8. The Morgan fingerprint density at radius 3 is 2.68 bits per heavy atom. The Hall–Kier alpha value is -1.97. The van der Waals surface area contributed by atoms with E-state index in [-0.39, 0.29) is 28.7 Å². The van der Waals surface area contributed by atoms with Gasteiger partial charge >= 0.3 is 5.97 Å². The molecule has 0 radical (unpaired) electrons. The van der Waals surface area contributed by atoms with E-state index in [4.69, 9.17) is 4.74 Å². The number of allylic oxidation sites excluding steroid dienone is 5. The van der Waals surface area contributed by atoms with Gasteiger partial charge in [0, 0.05) is 18.3 Å². The van der Waals surface area contributed by atoms with Gasteiger partial charge in [-0.2, -0.15) is 0 Å². The normalized spacial score (nSPS) is 39.8. The van der Waals surface area contributed by atoms with Crippen molar-refractivity contribution in [2.45, 2.75) is 91.6 Å². The largest absolute Gasteiger partial charge is 0.462 e. The molecule has 1 saturated carbocycles. The Bertz CT molecular complexity index is 981. The van der Waals surface area contributed by atoms with Crippen LogP contribution >= 0.6 is 0 Å². The molecule has 166 valence electrons. The van der Waals surface area contributed by atoms with Crippen LogP contribution in [0.15, 0.2) is 34.4 Å². The van der Waals surface area contributed by atoms with E-state index in [0.717, 1.165) is 55.2 Å². The molecule has 0 saturated heterocycles. The first-order valence-electron chi connectivity index (χ1n) is 12.1. The minimum absolute atomic E-state index is 0.0251. The molecule has 4 heteroatoms. The maximum absolute atomic E-state index is 13.4. The lowest BCUT2D eigenvalue weighted by Gasteiger charge is -2.52. The minimum atomic E-state index is -0.428. The molecule has 31 heavy (non-hydrogen) atoms. The van der Waals surface area contributed by atoms with Gasteiger partial charge in [-0.3, -0.25) is 14.4 Å². The molecular formula is C27H34O4. The predicted octanol–water partition coefficient (Wildman–Crippen LogP) is 5.42. The van der Waals surface area contributed by atoms with Gasteiger partial charge in [-0.15, -0.1) is 0 Å². The van der Waals surface area contributed by atoms with Gasteiger partial charge in [0.2, 0.25) is 0 Å². The summed E-state index contributed by atoms with van der Waals surface area (Å²) in [6.45, 7) is 8.47. The van der Waals surface area contributed by atoms with E-state index in [2.05, 4.69) is 19.9 Å². The number of carbonyl (C=O) groups excluding carboxylic acids is 3. The second-order valence-corrected chi connectivity index (χ2v) is 11.0. The highest BCUT2D eigenvalue weighted by Crippen LogP contribution is 2.70. The monoisotopic (exact) mass is 422 g/mol. The highest BCUT2D eigenvalue weighted by molar-refractivity contribution is 5.96. The van der Waals surface area contributed by atoms with Gasteiger partial charge in [0.1, 0.15) is 5.78 Å². The number of ether oxygens (including phenoxy) is 1. The Balaban J connectivity index is 1.68. The van der Waals surface area contributed by atoms with E-state index >= 15 is 0 Å². The number of esters is 1. The number of carbonyl (C=O) groups is 3. The molecule has 0 bridgehead atoms. The topological polar surface area (TPSA) is 60.4 Å². The zero-order chi connectivity index (χ0) is 22.2. The van der Waals surface area contributed by atoms with Crippen LogP contribution in [0, 0.1) is 22.2 Å². The molecule has 0 heterocycles. The quantitative estimate of drug-likeness (QED) is 0.570. The fourth-order valence-electron chi connectivity index (χ4n) is 7.38. The zero-order valence-electron chi connectivity index (χ0n) is 19.3. The third-order valence-electron chi connectivity index (χ3n) is 9.52. The molecule has 5 aliphatic carbocycles. The van der Waals surface area contributed by atoms with Crippen molar-refractivity contribution in [1.82, 2.24) is 0 Å². The van der Waals surface area contributed by atoms with Gasteiger partial charge in [0.05, 0.1) is 17.4 Å². The first-order chi connectivity index (χ1) is 14.7. The van der Waals surface area contributed by atoms with Crippen LogP contribution < -0.4 is 0 Å². The molecule has 4 nitrogen and oxygen atoms in total. The second-order valence-electron chi connectivity index (χ2n) is 11.0. The summed E-state index contributed by atoms with van der Waals surface area (Å²) in [4.78, 5) is 39.1. The molecule has 3 unspecified atom stereocenters. The number of hydrogen-bond acceptors (Lipinski definition) is 4. The number of rotatable bonds is 3. The molecule has 0 amide bonds. The predicted molar refractivity (Wildman–Crippen MR) is 118 cm³/mol. The smallest absolute Gasteiger partial charge is 0.314 e. The molecule has 1 spiro atoms. The Morgan fingerprint density at radius 2 is 1.94 bits per heavy atom. The number of ketones is 2. The molecule has 5 atom stereocenters. The number of fused-ring (bicyclic) bond motifs is 3. The maximum Gasteiger partial charge on any atom is 0.314 e. The van der Waals surface area contributed by atoms with Gasteiger partial charge in [0.25, 0.3) is 0 Å². The van der Waals surface area contributed by atoms with E-state index in [0.29, 0.717) is 25.0 Å². The van der Waals surface area contributed by atoms with Gasteiger partial charge in [0.15, 0.2) is 5.78 Å². The Morgan fingerprint density at radius 1 is 1.16 bits per heavy atom. The highest BCUT2D eigenvalue weighted by atomic mass is 16.5. The zero-order valence-corrected chi connectivity index (χ0v) is 19.3. The highest BCUT2D eigenvalue weighted by Gasteiger charge is 2.65. The van der Waals surface area contributed by atoms with E-state index in [9.17, 15) is 14.4 Å². The van der Waals surface area contributed by atoms with Crippen LogP contribution in [0.4, 0.5) is 0 Å². The van der Waals surface area contributed by atoms with Crippen LogP contribution in [-0.4, -0.2) is 23.6 Å². The third-order valence-corrected chi connectivity index (χ3v) is 9.52. The summed E-state index contributed by atoms with van der Waals surface area (Å²) < 4.78 is 5.84. The molecule has 0 aromatic heterocycles. The average Bonchev–Trinajstić information content (AvgIpc) is 3.18. The fourth-order valence-corrected chi connectivity index (χ4v) is 7.38. The van der Waals surface area contributed by atoms with Gasteiger partial charge in [-0.25, -0.2) is 0 Å². The van der Waals surface area contributed by atoms with Gasteiger partial charge in [-0.1, -0.05) is 38.0 Å². The molecule has 5 rings (SSSR count). The Labute approximate surface area is 185 Å². The van der Waals surface area contributed by atoms with Crippen molar-refractivity contribution in [3.05, 3.63) is 34.4 Å². The lowest BCUT2D eigenvalue weighted by Crippen LogP contribution is -2.47. The van der Waals surface area contributed by atoms with Crippen molar-refractivity contribution < 1.29 is 19.1 Å². The van der Waals surface area contributed by atoms with Gasteiger partial charge in [-0.05, 0) is 74.5 Å². The van der Waals surface area contributed by atoms with Crippen LogP contribution in [0.2, 0.25) is 0 Å². The van der Waals surface area contributed by atoms with Crippen molar-refractivity contribution in [3.8, 4) is 0 Å². The van der Waals surface area contributed by atoms with E-state index in [1.807, 2.05) is 13.8 Å². The summed E-state index contributed by atoms with van der Waals surface area (Å²) in [5.74, 6) is -0.0747. The summed E-state index contributed by atoms with van der Waals surface area (Å²) in [5, 5.41) is 0. The molecule has 5 aliphatic rings. The lowest BCUT2D eigenvalue weighted by molar-refractivity contribution is -0.152. The van der Waals surface area contributed by atoms with Gasteiger partial charge < -0.3 is 4.74 Å². The summed E-state index contributed by atoms with van der Waals surface area (Å²) in [5.41, 5.74) is 3.99. The summed E-state index contributed by atoms with van der Waals surface area (Å²) >= 11 is 0. The Kier molecular flexibility index (Phi) is 4.56. The minimum Gasteiger partial charge on any atom is -0.462 e. The van der Waals surface area contributed by atoms with Crippen LogP contribution in [0.1, 0.15) is 85.5 Å². The van der Waals surface area contributed by atoms with E-state index in [1.54, 1.807) is 6.08 Å². The summed E-state index contributed by atoms with van der Waals surface area (Å²) in [7, 11) is 0. The number of hydrogen-bond donors (Lipinski definition) is 0. The third kappa shape index (κ3) is 2.63. The van der Waals surface area contributed by atoms with Crippen LogP contribution in [0.5, 0.6) is 0 Å². The molecule has 1 fully saturated rings. The number of Topliss-reactive ketones (excluding diaryl/α,β-unsaturated/α-hetero) is 1. The van der Waals surface area contributed by atoms with Crippen molar-refractivity contribution in [2.24, 2.45) is 22.2 Å².